The highest BCUT2D eigenvalue weighted by molar-refractivity contribution is 6.31. The Morgan fingerprint density at radius 1 is 0.931 bits per heavy atom. The van der Waals surface area contributed by atoms with Gasteiger partial charge in [0.25, 0.3) is 0 Å². The van der Waals surface area contributed by atoms with Crippen molar-refractivity contribution in [1.82, 2.24) is 4.90 Å². The van der Waals surface area contributed by atoms with Crippen molar-refractivity contribution >= 4 is 23.4 Å². The molecule has 2 aromatic rings. The SMILES string of the molecule is O=C1C2C3c4ccccc4C(O)(c4c(Cl)cccc43)C2C(=O)N1C1CCCCC1. The van der Waals surface area contributed by atoms with Gasteiger partial charge in [0.2, 0.25) is 11.8 Å². The first-order valence-electron chi connectivity index (χ1n) is 10.5. The molecule has 2 aromatic carbocycles. The van der Waals surface area contributed by atoms with E-state index in [1.807, 2.05) is 36.4 Å². The predicted molar refractivity (Wildman–Crippen MR) is 108 cm³/mol. The zero-order valence-electron chi connectivity index (χ0n) is 16.0. The second kappa shape index (κ2) is 5.93. The van der Waals surface area contributed by atoms with Crippen LogP contribution < -0.4 is 0 Å². The summed E-state index contributed by atoms with van der Waals surface area (Å²) in [6, 6.07) is 13.2. The van der Waals surface area contributed by atoms with Gasteiger partial charge in [-0.3, -0.25) is 14.5 Å². The van der Waals surface area contributed by atoms with Gasteiger partial charge >= 0.3 is 0 Å². The van der Waals surface area contributed by atoms with Gasteiger partial charge in [-0.25, -0.2) is 0 Å². The molecule has 4 unspecified atom stereocenters. The fraction of sp³-hybridized carbons (Fsp3) is 0.417. The average molecular weight is 408 g/mol. The summed E-state index contributed by atoms with van der Waals surface area (Å²) in [5.41, 5.74) is 1.58. The molecule has 7 rings (SSSR count). The fourth-order valence-electron chi connectivity index (χ4n) is 6.52. The standard InChI is InChI=1S/C24H22ClNO3/c25-17-12-6-10-15-18-14-9-4-5-11-16(14)24(29,20(15)17)21-19(18)22(27)26(23(21)28)13-7-2-1-3-8-13/h4-6,9-13,18-19,21,29H,1-3,7-8H2. The highest BCUT2D eigenvalue weighted by atomic mass is 35.5. The summed E-state index contributed by atoms with van der Waals surface area (Å²) in [5, 5.41) is 12.7. The van der Waals surface area contributed by atoms with Crippen LogP contribution in [0.15, 0.2) is 42.5 Å². The van der Waals surface area contributed by atoms with Crippen LogP contribution in [-0.4, -0.2) is 27.9 Å². The van der Waals surface area contributed by atoms with E-state index < -0.39 is 17.4 Å². The summed E-state index contributed by atoms with van der Waals surface area (Å²) in [4.78, 5) is 28.8. The number of hydrogen-bond donors (Lipinski definition) is 1. The van der Waals surface area contributed by atoms with Gasteiger partial charge in [0, 0.05) is 22.5 Å². The molecule has 0 radical (unpaired) electrons. The molecular weight excluding hydrogens is 386 g/mol. The molecule has 0 spiro atoms. The van der Waals surface area contributed by atoms with Crippen molar-refractivity contribution in [1.29, 1.82) is 0 Å². The second-order valence-electron chi connectivity index (χ2n) is 8.88. The van der Waals surface area contributed by atoms with Crippen molar-refractivity contribution in [3.05, 3.63) is 69.7 Å². The Morgan fingerprint density at radius 2 is 1.66 bits per heavy atom. The number of benzene rings is 2. The van der Waals surface area contributed by atoms with Crippen LogP contribution in [-0.2, 0) is 15.2 Å². The monoisotopic (exact) mass is 407 g/mol. The van der Waals surface area contributed by atoms with Gasteiger partial charge in [0.05, 0.1) is 11.8 Å². The maximum absolute atomic E-state index is 13.7. The Kier molecular flexibility index (Phi) is 3.61. The quantitative estimate of drug-likeness (QED) is 0.728. The molecule has 1 aliphatic heterocycles. The number of aliphatic hydroxyl groups is 1. The molecule has 4 atom stereocenters. The lowest BCUT2D eigenvalue weighted by Crippen LogP contribution is -2.53. The van der Waals surface area contributed by atoms with E-state index in [1.54, 1.807) is 6.07 Å². The molecule has 1 N–H and O–H groups in total. The number of amides is 2. The van der Waals surface area contributed by atoms with Gasteiger partial charge in [-0.1, -0.05) is 67.3 Å². The van der Waals surface area contributed by atoms with E-state index in [0.29, 0.717) is 10.6 Å². The average Bonchev–Trinajstić information content (AvgIpc) is 3.01. The molecule has 1 heterocycles. The Morgan fingerprint density at radius 3 is 2.45 bits per heavy atom. The summed E-state index contributed by atoms with van der Waals surface area (Å²) >= 11 is 6.58. The van der Waals surface area contributed by atoms with Crippen LogP contribution in [0.2, 0.25) is 5.02 Å². The van der Waals surface area contributed by atoms with Crippen LogP contribution in [0.25, 0.3) is 0 Å². The molecule has 2 bridgehead atoms. The minimum absolute atomic E-state index is 0.0425. The Balaban J connectivity index is 1.60. The number of halogens is 1. The molecule has 5 heteroatoms. The molecule has 2 amide bonds. The van der Waals surface area contributed by atoms with Gasteiger partial charge in [-0.2, -0.15) is 0 Å². The third-order valence-corrected chi connectivity index (χ3v) is 7.92. The summed E-state index contributed by atoms with van der Waals surface area (Å²) < 4.78 is 0. The van der Waals surface area contributed by atoms with Crippen molar-refractivity contribution in [2.75, 3.05) is 0 Å². The maximum Gasteiger partial charge on any atom is 0.237 e. The number of hydrogen-bond acceptors (Lipinski definition) is 3. The van der Waals surface area contributed by atoms with E-state index in [0.717, 1.165) is 48.8 Å². The summed E-state index contributed by atoms with van der Waals surface area (Å²) in [6.45, 7) is 0. The number of likely N-dealkylation sites (tertiary alicyclic amines) is 1. The van der Waals surface area contributed by atoms with Crippen molar-refractivity contribution in [3.63, 3.8) is 0 Å². The summed E-state index contributed by atoms with van der Waals surface area (Å²) in [6.07, 6.45) is 4.95. The van der Waals surface area contributed by atoms with E-state index in [2.05, 4.69) is 0 Å². The van der Waals surface area contributed by atoms with Gasteiger partial charge in [-0.05, 0) is 35.6 Å². The molecule has 2 fully saturated rings. The van der Waals surface area contributed by atoms with E-state index in [-0.39, 0.29) is 23.8 Å². The molecule has 0 aromatic heterocycles. The zero-order valence-corrected chi connectivity index (χ0v) is 16.7. The Bertz CT molecular complexity index is 1060. The van der Waals surface area contributed by atoms with Gasteiger partial charge < -0.3 is 5.11 Å². The first-order valence-corrected chi connectivity index (χ1v) is 10.9. The first kappa shape index (κ1) is 17.7. The van der Waals surface area contributed by atoms with Crippen molar-refractivity contribution in [2.45, 2.75) is 49.7 Å². The van der Waals surface area contributed by atoms with E-state index in [4.69, 9.17) is 11.6 Å². The normalized spacial score (nSPS) is 32.9. The van der Waals surface area contributed by atoms with Gasteiger partial charge in [0.1, 0.15) is 5.60 Å². The largest absolute Gasteiger partial charge is 0.379 e. The summed E-state index contributed by atoms with van der Waals surface area (Å²) in [7, 11) is 0. The highest BCUT2D eigenvalue weighted by Crippen LogP contribution is 2.64. The number of rotatable bonds is 1. The molecule has 1 saturated heterocycles. The molecule has 29 heavy (non-hydrogen) atoms. The van der Waals surface area contributed by atoms with Crippen molar-refractivity contribution in [2.24, 2.45) is 11.8 Å². The smallest absolute Gasteiger partial charge is 0.237 e. The molecule has 5 aliphatic rings. The van der Waals surface area contributed by atoms with E-state index >= 15 is 0 Å². The van der Waals surface area contributed by atoms with Gasteiger partial charge in [0.15, 0.2) is 0 Å². The molecule has 4 aliphatic carbocycles. The predicted octanol–water partition coefficient (Wildman–Crippen LogP) is 3.97. The van der Waals surface area contributed by atoms with Crippen molar-refractivity contribution < 1.29 is 14.7 Å². The lowest BCUT2D eigenvalue weighted by molar-refractivity contribution is -0.145. The first-order chi connectivity index (χ1) is 14.0. The lowest BCUT2D eigenvalue weighted by atomic mass is 9.52. The lowest BCUT2D eigenvalue weighted by Gasteiger charge is -2.51. The zero-order chi connectivity index (χ0) is 19.9. The minimum atomic E-state index is -1.57. The second-order valence-corrected chi connectivity index (χ2v) is 9.28. The molecular formula is C24H22ClNO3. The molecule has 4 nitrogen and oxygen atoms in total. The number of imide groups is 1. The fourth-order valence-corrected chi connectivity index (χ4v) is 6.84. The van der Waals surface area contributed by atoms with Crippen LogP contribution >= 0.6 is 11.6 Å². The van der Waals surface area contributed by atoms with Crippen LogP contribution in [0.3, 0.4) is 0 Å². The number of nitrogens with zero attached hydrogens (tertiary/aromatic N) is 1. The Hall–Kier alpha value is -2.17. The van der Waals surface area contributed by atoms with Crippen LogP contribution in [0.5, 0.6) is 0 Å². The van der Waals surface area contributed by atoms with E-state index in [1.165, 1.54) is 4.90 Å². The molecule has 148 valence electrons. The van der Waals surface area contributed by atoms with Crippen LogP contribution in [0.4, 0.5) is 0 Å². The highest BCUT2D eigenvalue weighted by Gasteiger charge is 2.68. The van der Waals surface area contributed by atoms with Gasteiger partial charge in [-0.15, -0.1) is 0 Å². The minimum Gasteiger partial charge on any atom is -0.379 e. The third-order valence-electron chi connectivity index (χ3n) is 7.60. The Labute approximate surface area is 174 Å². The van der Waals surface area contributed by atoms with Crippen LogP contribution in [0.1, 0.15) is 60.3 Å². The van der Waals surface area contributed by atoms with Crippen LogP contribution in [0, 0.1) is 11.8 Å². The topological polar surface area (TPSA) is 57.6 Å². The number of carbonyl (C=O) groups excluding carboxylic acids is 2. The maximum atomic E-state index is 13.7. The summed E-state index contributed by atoms with van der Waals surface area (Å²) in [5.74, 6) is -1.95. The third kappa shape index (κ3) is 2.04. The van der Waals surface area contributed by atoms with E-state index in [9.17, 15) is 14.7 Å². The number of carbonyl (C=O) groups is 2. The van der Waals surface area contributed by atoms with Crippen molar-refractivity contribution in [3.8, 4) is 0 Å². The molecule has 1 saturated carbocycles.